The number of carboxylic acid groups (broad SMARTS) is 1. The number of rotatable bonds is 8. The number of ether oxygens (including phenoxy) is 2. The van der Waals surface area contributed by atoms with Gasteiger partial charge in [0.05, 0.1) is 30.3 Å². The summed E-state index contributed by atoms with van der Waals surface area (Å²) in [6.45, 7) is 1.48. The Balaban J connectivity index is 1.21. The predicted octanol–water partition coefficient (Wildman–Crippen LogP) is 3.65. The van der Waals surface area contributed by atoms with Gasteiger partial charge >= 0.3 is 5.97 Å². The molecule has 3 aromatic heterocycles. The van der Waals surface area contributed by atoms with Gasteiger partial charge in [-0.05, 0) is 50.1 Å². The molecule has 2 aliphatic heterocycles. The molecule has 0 amide bonds. The highest BCUT2D eigenvalue weighted by molar-refractivity contribution is 5.79. The van der Waals surface area contributed by atoms with Crippen LogP contribution in [-0.2, 0) is 15.2 Å². The van der Waals surface area contributed by atoms with Crippen molar-refractivity contribution in [2.24, 2.45) is 0 Å². The van der Waals surface area contributed by atoms with E-state index in [9.17, 15) is 9.90 Å². The first-order valence-electron chi connectivity index (χ1n) is 12.1. The SMILES string of the molecule is O=C(O)C1(n2cc(Nc3cc(Oc4cn(C5CC5)nc4C4CCOCC4)ccn3)cn2)C=CC=CN1. The largest absolute Gasteiger partial charge is 0.478 e. The lowest BCUT2D eigenvalue weighted by molar-refractivity contribution is -0.146. The van der Waals surface area contributed by atoms with Crippen LogP contribution in [0.3, 0.4) is 0 Å². The lowest BCUT2D eigenvalue weighted by atomic mass is 9.96. The van der Waals surface area contributed by atoms with Crippen LogP contribution in [0.4, 0.5) is 11.5 Å². The van der Waals surface area contributed by atoms with Crippen molar-refractivity contribution in [1.82, 2.24) is 29.9 Å². The molecule has 11 heteroatoms. The molecule has 1 aliphatic carbocycles. The summed E-state index contributed by atoms with van der Waals surface area (Å²) in [6, 6.07) is 4.07. The molecule has 0 radical (unpaired) electrons. The number of nitrogens with one attached hydrogen (secondary N) is 2. The maximum absolute atomic E-state index is 12.0. The molecule has 0 bridgehead atoms. The van der Waals surface area contributed by atoms with Crippen molar-refractivity contribution in [3.8, 4) is 11.5 Å². The molecule has 11 nitrogen and oxygen atoms in total. The molecule has 36 heavy (non-hydrogen) atoms. The van der Waals surface area contributed by atoms with Crippen LogP contribution in [0.1, 0.15) is 43.3 Å². The van der Waals surface area contributed by atoms with Crippen LogP contribution in [0, 0.1) is 0 Å². The van der Waals surface area contributed by atoms with E-state index in [0.717, 1.165) is 50.3 Å². The predicted molar refractivity (Wildman–Crippen MR) is 130 cm³/mol. The van der Waals surface area contributed by atoms with Crippen LogP contribution in [0.15, 0.2) is 61.3 Å². The fraction of sp³-hybridized carbons (Fsp3) is 0.360. The third kappa shape index (κ3) is 4.33. The lowest BCUT2D eigenvalue weighted by Gasteiger charge is -2.28. The van der Waals surface area contributed by atoms with Gasteiger partial charge < -0.3 is 25.2 Å². The van der Waals surface area contributed by atoms with Gasteiger partial charge in [-0.15, -0.1) is 0 Å². The monoisotopic (exact) mass is 489 g/mol. The molecule has 3 aromatic rings. The van der Waals surface area contributed by atoms with E-state index in [4.69, 9.17) is 14.6 Å². The number of carbonyl (C=O) groups is 1. The molecule has 1 atom stereocenters. The minimum absolute atomic E-state index is 0.317. The zero-order valence-corrected chi connectivity index (χ0v) is 19.6. The number of aromatic nitrogens is 5. The highest BCUT2D eigenvalue weighted by Gasteiger charge is 2.39. The highest BCUT2D eigenvalue weighted by Crippen LogP contribution is 2.40. The summed E-state index contributed by atoms with van der Waals surface area (Å²) in [6.07, 6.45) is 17.5. The molecule has 186 valence electrons. The topological polar surface area (TPSA) is 128 Å². The molecule has 0 spiro atoms. The van der Waals surface area contributed by atoms with Crippen molar-refractivity contribution in [1.29, 1.82) is 0 Å². The molecule has 5 heterocycles. The zero-order valence-electron chi connectivity index (χ0n) is 19.6. The Morgan fingerprint density at radius 3 is 2.83 bits per heavy atom. The van der Waals surface area contributed by atoms with Gasteiger partial charge in [0.15, 0.2) is 5.75 Å². The van der Waals surface area contributed by atoms with Crippen molar-refractivity contribution in [2.45, 2.75) is 43.3 Å². The first-order chi connectivity index (χ1) is 17.6. The number of carboxylic acids is 1. The third-order valence-electron chi connectivity index (χ3n) is 6.60. The van der Waals surface area contributed by atoms with Gasteiger partial charge in [0.2, 0.25) is 5.66 Å². The van der Waals surface area contributed by atoms with Crippen LogP contribution in [0.5, 0.6) is 11.5 Å². The second-order valence-corrected chi connectivity index (χ2v) is 9.19. The number of hydrogen-bond acceptors (Lipinski definition) is 8. The maximum atomic E-state index is 12.0. The molecule has 6 rings (SSSR count). The van der Waals surface area contributed by atoms with Crippen LogP contribution >= 0.6 is 0 Å². The lowest BCUT2D eigenvalue weighted by Crippen LogP contribution is -2.51. The molecule has 3 N–H and O–H groups in total. The van der Waals surface area contributed by atoms with Crippen LogP contribution < -0.4 is 15.4 Å². The number of dihydropyridines is 1. The summed E-state index contributed by atoms with van der Waals surface area (Å²) in [5.74, 6) is 1.19. The van der Waals surface area contributed by atoms with E-state index >= 15 is 0 Å². The smallest absolute Gasteiger partial charge is 0.356 e. The Hall–Kier alpha value is -4.12. The van der Waals surface area contributed by atoms with Gasteiger partial charge in [-0.3, -0.25) is 4.68 Å². The second kappa shape index (κ2) is 9.15. The standard InChI is InChI=1S/C25H27N7O4/c33-24(34)25(8-1-2-9-27-25)32-15-18(14-28-32)29-22-13-20(5-10-26-22)36-21-16-31(19-3-4-19)30-23(21)17-6-11-35-12-7-17/h1-2,5,8-10,13-17,19,27H,3-4,6-7,11-12H2,(H,26,29)(H,33,34). The number of pyridine rings is 1. The van der Waals surface area contributed by atoms with Crippen molar-refractivity contribution in [3.05, 3.63) is 67.0 Å². The summed E-state index contributed by atoms with van der Waals surface area (Å²) >= 11 is 0. The molecule has 1 unspecified atom stereocenters. The summed E-state index contributed by atoms with van der Waals surface area (Å²) < 4.78 is 15.2. The van der Waals surface area contributed by atoms with E-state index in [1.165, 1.54) is 10.8 Å². The van der Waals surface area contributed by atoms with Crippen molar-refractivity contribution in [3.63, 3.8) is 0 Å². The Morgan fingerprint density at radius 1 is 1.22 bits per heavy atom. The number of allylic oxidation sites excluding steroid dienone is 2. The van der Waals surface area contributed by atoms with E-state index < -0.39 is 11.6 Å². The minimum atomic E-state index is -1.49. The Kier molecular flexibility index (Phi) is 5.68. The summed E-state index contributed by atoms with van der Waals surface area (Å²) in [5.41, 5.74) is 0.0864. The number of anilines is 2. The fourth-order valence-corrected chi connectivity index (χ4v) is 4.49. The average Bonchev–Trinajstić information content (AvgIpc) is 3.51. The Bertz CT molecular complexity index is 1320. The Labute approximate surface area is 207 Å². The van der Waals surface area contributed by atoms with Gasteiger partial charge in [0.1, 0.15) is 17.3 Å². The minimum Gasteiger partial charge on any atom is -0.478 e. The molecular formula is C25H27N7O4. The fourth-order valence-electron chi connectivity index (χ4n) is 4.49. The van der Waals surface area contributed by atoms with Gasteiger partial charge in [-0.25, -0.2) is 14.5 Å². The van der Waals surface area contributed by atoms with Crippen LogP contribution in [-0.4, -0.2) is 48.8 Å². The number of nitrogens with zero attached hydrogens (tertiary/aromatic N) is 5. The van der Waals surface area contributed by atoms with Gasteiger partial charge in [0, 0.05) is 31.4 Å². The van der Waals surface area contributed by atoms with Crippen LogP contribution in [0.25, 0.3) is 0 Å². The normalized spacial score (nSPS) is 21.8. The van der Waals surface area contributed by atoms with Gasteiger partial charge in [-0.1, -0.05) is 6.08 Å². The zero-order chi connectivity index (χ0) is 24.5. The molecule has 3 aliphatic rings. The van der Waals surface area contributed by atoms with Crippen molar-refractivity contribution in [2.75, 3.05) is 18.5 Å². The van der Waals surface area contributed by atoms with Crippen molar-refractivity contribution >= 4 is 17.5 Å². The molecule has 0 aromatic carbocycles. The maximum Gasteiger partial charge on any atom is 0.356 e. The number of aliphatic carboxylic acids is 1. The molecule has 1 saturated heterocycles. The molecule has 1 saturated carbocycles. The quantitative estimate of drug-likeness (QED) is 0.434. The van der Waals surface area contributed by atoms with Crippen LogP contribution in [0.2, 0.25) is 0 Å². The average molecular weight is 490 g/mol. The number of hydrogen-bond donors (Lipinski definition) is 3. The molecule has 2 fully saturated rings. The van der Waals surface area contributed by atoms with Gasteiger partial charge in [0.25, 0.3) is 0 Å². The third-order valence-corrected chi connectivity index (χ3v) is 6.60. The van der Waals surface area contributed by atoms with Crippen molar-refractivity contribution < 1.29 is 19.4 Å². The van der Waals surface area contributed by atoms with E-state index in [2.05, 4.69) is 20.7 Å². The first kappa shape index (κ1) is 22.4. The van der Waals surface area contributed by atoms with E-state index in [-0.39, 0.29) is 0 Å². The summed E-state index contributed by atoms with van der Waals surface area (Å²) in [5, 5.41) is 25.0. The van der Waals surface area contributed by atoms with Gasteiger partial charge in [-0.2, -0.15) is 10.2 Å². The van der Waals surface area contributed by atoms with E-state index in [1.807, 2.05) is 10.9 Å². The summed E-state index contributed by atoms with van der Waals surface area (Å²) in [7, 11) is 0. The Morgan fingerprint density at radius 2 is 2.08 bits per heavy atom. The molecular weight excluding hydrogens is 462 g/mol. The second-order valence-electron chi connectivity index (χ2n) is 9.19. The first-order valence-corrected chi connectivity index (χ1v) is 12.1. The summed E-state index contributed by atoms with van der Waals surface area (Å²) in [4.78, 5) is 16.4. The van der Waals surface area contributed by atoms with E-state index in [0.29, 0.717) is 29.2 Å². The van der Waals surface area contributed by atoms with E-state index in [1.54, 1.807) is 49.1 Å². The highest BCUT2D eigenvalue weighted by atomic mass is 16.5.